The minimum Gasteiger partial charge on any atom is -0.543 e. The number of nitrogens with zero attached hydrogens (tertiary/aromatic N) is 4. The zero-order valence-corrected chi connectivity index (χ0v) is 25.6. The molecule has 1 fully saturated rings. The van der Waals surface area contributed by atoms with Crippen molar-refractivity contribution in [3.8, 4) is 5.75 Å². The smallest absolute Gasteiger partial charge is 0.272 e. The Kier molecular flexibility index (Phi) is 8.19. The lowest BCUT2D eigenvalue weighted by molar-refractivity contribution is -0.727. The number of aromatic nitrogens is 3. The number of aliphatic carboxylic acids is 1. The summed E-state index contributed by atoms with van der Waals surface area (Å²) >= 11 is 3.76. The van der Waals surface area contributed by atoms with E-state index in [1.54, 1.807) is 0 Å². The van der Waals surface area contributed by atoms with Gasteiger partial charge in [-0.3, -0.25) is 24.1 Å². The van der Waals surface area contributed by atoms with E-state index in [1.807, 2.05) is 12.1 Å². The molecule has 6 rings (SSSR count). The molecule has 3 aromatic heterocycles. The molecule has 3 aliphatic heterocycles. The van der Waals surface area contributed by atoms with Crippen LogP contribution in [0.4, 0.5) is 5.13 Å². The first kappa shape index (κ1) is 30.5. The number of aryl methyl sites for hydroxylation is 1. The van der Waals surface area contributed by atoms with Gasteiger partial charge in [0.05, 0.1) is 23.6 Å². The molecule has 0 aliphatic carbocycles. The predicted molar refractivity (Wildman–Crippen MR) is 159 cm³/mol. The highest BCUT2D eigenvalue weighted by Crippen LogP contribution is 2.41. The number of rotatable bonds is 9. The van der Waals surface area contributed by atoms with E-state index in [4.69, 9.17) is 5.73 Å². The average Bonchev–Trinajstić information content (AvgIpc) is 3.67. The number of thiazole rings is 1. The first-order valence-corrected chi connectivity index (χ1v) is 16.4. The van der Waals surface area contributed by atoms with Gasteiger partial charge in [-0.2, -0.15) is 9.30 Å². The second kappa shape index (κ2) is 12.1. The number of nitrogens with two attached hydrogens (primary N) is 1. The fourth-order valence-corrected chi connectivity index (χ4v) is 8.52. The van der Waals surface area contributed by atoms with Crippen molar-refractivity contribution in [1.82, 2.24) is 25.2 Å². The van der Waals surface area contributed by atoms with E-state index in [1.165, 1.54) is 34.6 Å². The summed E-state index contributed by atoms with van der Waals surface area (Å²) in [4.78, 5) is 69.0. The zero-order chi connectivity index (χ0) is 32.0. The SMILES string of the molecule is Nc1nc(C(NC(=O)c2cc(=O)c(O)cn2O)C(=O)N[C@@H]2C(=O)N3C(C(=O)[O-])=C(CSc4cccc5[n+]4CCC5)CS[C@H]23)cs1. The molecule has 45 heavy (non-hydrogen) atoms. The molecule has 3 aromatic rings. The maximum atomic E-state index is 13.5. The lowest BCUT2D eigenvalue weighted by atomic mass is 10.0. The van der Waals surface area contributed by atoms with Crippen molar-refractivity contribution in [2.45, 2.75) is 41.9 Å². The summed E-state index contributed by atoms with van der Waals surface area (Å²) in [6.07, 6.45) is 2.64. The molecule has 0 bridgehead atoms. The van der Waals surface area contributed by atoms with Crippen molar-refractivity contribution >= 4 is 63.7 Å². The molecule has 3 aliphatic rings. The summed E-state index contributed by atoms with van der Waals surface area (Å²) in [6.45, 7) is 0.886. The van der Waals surface area contributed by atoms with Gasteiger partial charge in [-0.25, -0.2) is 4.98 Å². The predicted octanol–water partition coefficient (Wildman–Crippen LogP) is -1.27. The molecule has 1 saturated heterocycles. The highest BCUT2D eigenvalue weighted by Gasteiger charge is 2.53. The number of nitrogen functional groups attached to an aromatic ring is 1. The largest absolute Gasteiger partial charge is 0.543 e. The number of carbonyl (C=O) groups is 4. The van der Waals surface area contributed by atoms with Crippen molar-refractivity contribution in [1.29, 1.82) is 0 Å². The Morgan fingerprint density at radius 1 is 1.29 bits per heavy atom. The standard InChI is InChI=1S/C27H25N7O8S3/c28-27-29-14(11-45-27)19(30-22(37)15-7-16(35)17(36)8-33(15)42)23(38)31-20-24(39)34-21(26(40)41)12(10-44-25(20)34)9-43-18-5-1-3-13-4-2-6-32(13)18/h1,3,5,7-8,11,19-20,25,42H,2,4,6,9-10H2,(H5-,28,29,30,31,36,37,38,40,41)/t19?,20-,25-/m1/s1. The lowest BCUT2D eigenvalue weighted by Crippen LogP contribution is -2.71. The van der Waals surface area contributed by atoms with Crippen LogP contribution in [0.25, 0.3) is 0 Å². The molecule has 15 nitrogen and oxygen atoms in total. The Hall–Kier alpha value is -4.55. The molecule has 0 saturated carbocycles. The number of nitrogens with one attached hydrogen (secondary N) is 2. The van der Waals surface area contributed by atoms with Crippen molar-refractivity contribution in [2.75, 3.05) is 17.2 Å². The summed E-state index contributed by atoms with van der Waals surface area (Å²) in [5.41, 5.74) is 5.75. The summed E-state index contributed by atoms with van der Waals surface area (Å²) in [6, 6.07) is 4.04. The van der Waals surface area contributed by atoms with Crippen LogP contribution in [0.2, 0.25) is 0 Å². The van der Waals surface area contributed by atoms with Gasteiger partial charge in [-0.15, -0.1) is 23.1 Å². The van der Waals surface area contributed by atoms with Crippen molar-refractivity contribution in [2.24, 2.45) is 0 Å². The molecule has 3 amide bonds. The van der Waals surface area contributed by atoms with Crippen LogP contribution in [-0.4, -0.2) is 71.5 Å². The third-order valence-electron chi connectivity index (χ3n) is 7.50. The molecule has 1 unspecified atom stereocenters. The number of carboxylic acids is 1. The summed E-state index contributed by atoms with van der Waals surface area (Å²) in [5, 5.41) is 38.5. The molecule has 234 valence electrons. The summed E-state index contributed by atoms with van der Waals surface area (Å²) < 4.78 is 2.42. The number of aromatic hydroxyl groups is 1. The number of fused-ring (bicyclic) bond motifs is 2. The first-order valence-electron chi connectivity index (χ1n) is 13.5. The van der Waals surface area contributed by atoms with Crippen LogP contribution in [0.5, 0.6) is 5.75 Å². The van der Waals surface area contributed by atoms with Gasteiger partial charge in [0, 0.05) is 47.9 Å². The molecule has 6 heterocycles. The van der Waals surface area contributed by atoms with Gasteiger partial charge in [-0.1, -0.05) is 11.8 Å². The van der Waals surface area contributed by atoms with Gasteiger partial charge in [-0.05, 0) is 11.6 Å². The van der Waals surface area contributed by atoms with Crippen molar-refractivity contribution in [3.05, 3.63) is 74.4 Å². The summed E-state index contributed by atoms with van der Waals surface area (Å²) in [7, 11) is 0. The molecular weight excluding hydrogens is 647 g/mol. The second-order valence-corrected chi connectivity index (χ2v) is 13.3. The van der Waals surface area contributed by atoms with E-state index in [0.29, 0.717) is 23.6 Å². The van der Waals surface area contributed by atoms with Crippen LogP contribution >= 0.6 is 34.9 Å². The number of thioether (sulfide) groups is 2. The van der Waals surface area contributed by atoms with E-state index in [-0.39, 0.29) is 27.0 Å². The normalized spacial score (nSPS) is 19.4. The maximum Gasteiger partial charge on any atom is 0.272 e. The number of pyridine rings is 2. The van der Waals surface area contributed by atoms with Gasteiger partial charge in [0.25, 0.3) is 11.8 Å². The Labute approximate surface area is 266 Å². The molecule has 0 radical (unpaired) electrons. The Balaban J connectivity index is 1.19. The number of carbonyl (C=O) groups excluding carboxylic acids is 4. The van der Waals surface area contributed by atoms with Crippen LogP contribution in [0.3, 0.4) is 0 Å². The fourth-order valence-electron chi connectivity index (χ4n) is 5.35. The second-order valence-electron chi connectivity index (χ2n) is 10.3. The molecule has 6 N–H and O–H groups in total. The number of hydrogen-bond donors (Lipinski definition) is 5. The minimum atomic E-state index is -1.52. The number of hydrogen-bond acceptors (Lipinski definition) is 13. The van der Waals surface area contributed by atoms with Crippen LogP contribution in [-0.2, 0) is 27.3 Å². The van der Waals surface area contributed by atoms with E-state index in [9.17, 15) is 39.4 Å². The molecule has 3 atom stereocenters. The van der Waals surface area contributed by atoms with E-state index in [2.05, 4.69) is 26.3 Å². The molecular formula is C27H25N7O8S3. The summed E-state index contributed by atoms with van der Waals surface area (Å²) in [5.74, 6) is -4.28. The molecule has 0 spiro atoms. The van der Waals surface area contributed by atoms with E-state index in [0.717, 1.165) is 40.6 Å². The van der Waals surface area contributed by atoms with Gasteiger partial charge in [0.2, 0.25) is 16.4 Å². The zero-order valence-electron chi connectivity index (χ0n) is 23.2. The van der Waals surface area contributed by atoms with Gasteiger partial charge in [0.15, 0.2) is 22.6 Å². The Morgan fingerprint density at radius 3 is 2.82 bits per heavy atom. The Bertz CT molecular complexity index is 1840. The quantitative estimate of drug-likeness (QED) is 0.0778. The first-order chi connectivity index (χ1) is 21.5. The van der Waals surface area contributed by atoms with Gasteiger partial charge in [0.1, 0.15) is 23.7 Å². The van der Waals surface area contributed by atoms with Crippen molar-refractivity contribution < 1.29 is 39.2 Å². The van der Waals surface area contributed by atoms with E-state index >= 15 is 0 Å². The van der Waals surface area contributed by atoms with Gasteiger partial charge >= 0.3 is 0 Å². The number of β-lactam (4-membered cyclic amide) rings is 1. The number of amides is 3. The highest BCUT2D eigenvalue weighted by molar-refractivity contribution is 8.01. The van der Waals surface area contributed by atoms with Crippen LogP contribution < -0.4 is 31.5 Å². The minimum absolute atomic E-state index is 0.0220. The van der Waals surface area contributed by atoms with Crippen LogP contribution in [0, 0.1) is 0 Å². The highest BCUT2D eigenvalue weighted by atomic mass is 32.2. The Morgan fingerprint density at radius 2 is 2.09 bits per heavy atom. The van der Waals surface area contributed by atoms with Crippen molar-refractivity contribution in [3.63, 3.8) is 0 Å². The van der Waals surface area contributed by atoms with E-state index < -0.39 is 58.0 Å². The third kappa shape index (κ3) is 5.71. The maximum absolute atomic E-state index is 13.5. The van der Waals surface area contributed by atoms with Crippen LogP contribution in [0.1, 0.15) is 34.3 Å². The van der Waals surface area contributed by atoms with Crippen LogP contribution in [0.15, 0.2) is 56.9 Å². The third-order valence-corrected chi connectivity index (χ3v) is 10.7. The topological polar surface area (TPSA) is 224 Å². The monoisotopic (exact) mass is 671 g/mol. The average molecular weight is 672 g/mol. The molecule has 0 aromatic carbocycles. The number of anilines is 1. The molecule has 18 heteroatoms. The fraction of sp³-hybridized carbons (Fsp3) is 0.296. The lowest BCUT2D eigenvalue weighted by Gasteiger charge is -2.51. The number of carboxylic acid groups (broad SMARTS) is 1. The van der Waals surface area contributed by atoms with Gasteiger partial charge < -0.3 is 36.6 Å².